The number of amides is 1. The molecule has 0 unspecified atom stereocenters. The summed E-state index contributed by atoms with van der Waals surface area (Å²) in [6.07, 6.45) is 4.79. The first-order valence-electron chi connectivity index (χ1n) is 8.86. The Morgan fingerprint density at radius 1 is 1.15 bits per heavy atom. The molecule has 0 spiro atoms. The molecular weight excluding hydrogens is 350 g/mol. The fourth-order valence-electron chi connectivity index (χ4n) is 3.30. The Morgan fingerprint density at radius 2 is 1.81 bits per heavy atom. The largest absolute Gasteiger partial charge is 0.339 e. The van der Waals surface area contributed by atoms with Crippen LogP contribution in [0.1, 0.15) is 28.8 Å². The Kier molecular flexibility index (Phi) is 5.48. The van der Waals surface area contributed by atoms with Crippen molar-refractivity contribution < 1.29 is 13.2 Å². The van der Waals surface area contributed by atoms with Crippen LogP contribution in [0.3, 0.4) is 0 Å². The average molecular weight is 375 g/mol. The minimum absolute atomic E-state index is 0.106. The van der Waals surface area contributed by atoms with Gasteiger partial charge in [-0.15, -0.1) is 0 Å². The van der Waals surface area contributed by atoms with E-state index in [1.807, 2.05) is 18.9 Å². The van der Waals surface area contributed by atoms with E-state index in [9.17, 15) is 13.2 Å². The van der Waals surface area contributed by atoms with E-state index in [0.717, 1.165) is 28.9 Å². The number of benzene rings is 1. The molecule has 6 nitrogen and oxygen atoms in total. The highest BCUT2D eigenvalue weighted by Gasteiger charge is 2.25. The lowest BCUT2D eigenvalue weighted by atomic mass is 9.96. The highest BCUT2D eigenvalue weighted by molar-refractivity contribution is 7.90. The third-order valence-electron chi connectivity index (χ3n) is 4.91. The lowest BCUT2D eigenvalue weighted by molar-refractivity contribution is 0.0691. The van der Waals surface area contributed by atoms with Crippen LogP contribution in [0.25, 0.3) is 0 Å². The summed E-state index contributed by atoms with van der Waals surface area (Å²) in [5, 5.41) is 3.18. The van der Waals surface area contributed by atoms with Crippen LogP contribution in [0.2, 0.25) is 0 Å². The monoisotopic (exact) mass is 375 g/mol. The third-order valence-corrected chi connectivity index (χ3v) is 6.56. The van der Waals surface area contributed by atoms with Crippen LogP contribution in [0, 0.1) is 12.8 Å². The maximum atomic E-state index is 12.7. The maximum Gasteiger partial charge on any atom is 0.267 e. The number of carbonyl (C=O) groups excluding carboxylic acids is 1. The topological polar surface area (TPSA) is 71.4 Å². The maximum absolute atomic E-state index is 12.7. The zero-order valence-electron chi connectivity index (χ0n) is 15.2. The summed E-state index contributed by atoms with van der Waals surface area (Å²) in [7, 11) is -1.74. The summed E-state index contributed by atoms with van der Waals surface area (Å²) in [4.78, 5) is 14.7. The molecule has 0 aliphatic carbocycles. The number of piperidine rings is 1. The van der Waals surface area contributed by atoms with Crippen molar-refractivity contribution in [2.75, 3.05) is 26.7 Å². The number of likely N-dealkylation sites (tertiary alicyclic amines) is 1. The van der Waals surface area contributed by atoms with E-state index < -0.39 is 10.0 Å². The quantitative estimate of drug-likeness (QED) is 0.869. The fraction of sp³-hybridized carbons (Fsp3) is 0.421. The predicted octanol–water partition coefficient (Wildman–Crippen LogP) is 2.11. The molecule has 1 saturated heterocycles. The van der Waals surface area contributed by atoms with Gasteiger partial charge in [-0.25, -0.2) is 12.4 Å². The molecule has 0 saturated carbocycles. The number of aromatic nitrogens is 1. The molecule has 7 heteroatoms. The van der Waals surface area contributed by atoms with Crippen LogP contribution in [-0.2, 0) is 10.0 Å². The highest BCUT2D eigenvalue weighted by atomic mass is 32.2. The van der Waals surface area contributed by atoms with Crippen molar-refractivity contribution in [3.05, 3.63) is 53.9 Å². The van der Waals surface area contributed by atoms with Crippen LogP contribution in [0.5, 0.6) is 0 Å². The number of carbonyl (C=O) groups is 1. The summed E-state index contributed by atoms with van der Waals surface area (Å²) < 4.78 is 26.5. The van der Waals surface area contributed by atoms with Crippen LogP contribution in [0.4, 0.5) is 0 Å². The SMILES string of the molecule is CNCC1CCN(C(=O)c2ccn(S(=O)(=O)c3ccc(C)cc3)c2)CC1. The molecule has 1 fully saturated rings. The number of aryl methyl sites for hydroxylation is 1. The van der Waals surface area contributed by atoms with E-state index in [0.29, 0.717) is 24.6 Å². The molecule has 0 atom stereocenters. The Bertz CT molecular complexity index is 864. The van der Waals surface area contributed by atoms with Gasteiger partial charge in [0.15, 0.2) is 0 Å². The number of hydrogen-bond acceptors (Lipinski definition) is 4. The number of rotatable bonds is 5. The first-order chi connectivity index (χ1) is 12.4. The van der Waals surface area contributed by atoms with E-state index in [-0.39, 0.29) is 10.8 Å². The summed E-state index contributed by atoms with van der Waals surface area (Å²) in [6.45, 7) is 4.29. The Hall–Kier alpha value is -2.12. The van der Waals surface area contributed by atoms with E-state index in [4.69, 9.17) is 0 Å². The van der Waals surface area contributed by atoms with E-state index in [2.05, 4.69) is 5.32 Å². The molecule has 3 rings (SSSR count). The number of hydrogen-bond donors (Lipinski definition) is 1. The van der Waals surface area contributed by atoms with Gasteiger partial charge in [0, 0.05) is 25.5 Å². The van der Waals surface area contributed by atoms with Gasteiger partial charge in [0.2, 0.25) is 0 Å². The number of nitrogens with one attached hydrogen (secondary N) is 1. The van der Waals surface area contributed by atoms with Gasteiger partial charge in [0.1, 0.15) is 0 Å². The van der Waals surface area contributed by atoms with Gasteiger partial charge in [-0.2, -0.15) is 0 Å². The molecule has 1 aliphatic heterocycles. The van der Waals surface area contributed by atoms with E-state index in [1.54, 1.807) is 30.3 Å². The average Bonchev–Trinajstić information content (AvgIpc) is 3.13. The Balaban J connectivity index is 1.73. The van der Waals surface area contributed by atoms with Crippen molar-refractivity contribution in [3.63, 3.8) is 0 Å². The molecule has 0 radical (unpaired) electrons. The molecule has 26 heavy (non-hydrogen) atoms. The van der Waals surface area contributed by atoms with Crippen LogP contribution >= 0.6 is 0 Å². The predicted molar refractivity (Wildman–Crippen MR) is 101 cm³/mol. The summed E-state index contributed by atoms with van der Waals surface area (Å²) in [5.41, 5.74) is 1.40. The standard InChI is InChI=1S/C19H25N3O3S/c1-15-3-5-18(6-4-15)26(24,25)22-12-9-17(14-22)19(23)21-10-7-16(8-11-21)13-20-2/h3-6,9,12,14,16,20H,7-8,10-11,13H2,1-2H3. The van der Waals surface area contributed by atoms with Gasteiger partial charge in [0.05, 0.1) is 10.5 Å². The van der Waals surface area contributed by atoms with Crippen molar-refractivity contribution in [2.45, 2.75) is 24.7 Å². The molecule has 1 aliphatic rings. The highest BCUT2D eigenvalue weighted by Crippen LogP contribution is 2.20. The number of nitrogens with zero attached hydrogens (tertiary/aromatic N) is 2. The van der Waals surface area contributed by atoms with Gasteiger partial charge in [-0.05, 0) is 57.5 Å². The van der Waals surface area contributed by atoms with Crippen molar-refractivity contribution >= 4 is 15.9 Å². The zero-order chi connectivity index (χ0) is 18.7. The van der Waals surface area contributed by atoms with Gasteiger partial charge >= 0.3 is 0 Å². The lowest BCUT2D eigenvalue weighted by Crippen LogP contribution is -2.40. The van der Waals surface area contributed by atoms with Crippen LogP contribution < -0.4 is 5.32 Å². The first-order valence-corrected chi connectivity index (χ1v) is 10.3. The molecule has 2 aromatic rings. The molecule has 1 N–H and O–H groups in total. The molecule has 1 amide bonds. The molecule has 2 heterocycles. The Morgan fingerprint density at radius 3 is 2.42 bits per heavy atom. The molecule has 1 aromatic carbocycles. The van der Waals surface area contributed by atoms with Gasteiger partial charge in [0.25, 0.3) is 15.9 Å². The van der Waals surface area contributed by atoms with E-state index in [1.165, 1.54) is 12.4 Å². The first kappa shape index (κ1) is 18.7. The normalized spacial score (nSPS) is 16.0. The molecule has 140 valence electrons. The Labute approximate surface area is 154 Å². The zero-order valence-corrected chi connectivity index (χ0v) is 16.0. The minimum Gasteiger partial charge on any atom is -0.339 e. The van der Waals surface area contributed by atoms with E-state index >= 15 is 0 Å². The van der Waals surface area contributed by atoms with Crippen molar-refractivity contribution in [3.8, 4) is 0 Å². The third kappa shape index (κ3) is 3.83. The van der Waals surface area contributed by atoms with Crippen LogP contribution in [-0.4, -0.2) is 49.9 Å². The minimum atomic E-state index is -3.68. The summed E-state index contributed by atoms with van der Waals surface area (Å²) in [6, 6.07) is 8.26. The molecule has 1 aromatic heterocycles. The molecule has 0 bridgehead atoms. The van der Waals surface area contributed by atoms with Gasteiger partial charge in [-0.3, -0.25) is 4.79 Å². The summed E-state index contributed by atoms with van der Waals surface area (Å²) in [5.74, 6) is 0.487. The summed E-state index contributed by atoms with van der Waals surface area (Å²) >= 11 is 0. The second kappa shape index (κ2) is 7.63. The van der Waals surface area contributed by atoms with Gasteiger partial charge in [-0.1, -0.05) is 17.7 Å². The molecular formula is C19H25N3O3S. The lowest BCUT2D eigenvalue weighted by Gasteiger charge is -2.31. The van der Waals surface area contributed by atoms with Crippen molar-refractivity contribution in [2.24, 2.45) is 5.92 Å². The smallest absolute Gasteiger partial charge is 0.267 e. The fourth-order valence-corrected chi connectivity index (χ4v) is 4.49. The van der Waals surface area contributed by atoms with Crippen LogP contribution in [0.15, 0.2) is 47.6 Å². The second-order valence-electron chi connectivity index (χ2n) is 6.84. The van der Waals surface area contributed by atoms with Gasteiger partial charge < -0.3 is 10.2 Å². The second-order valence-corrected chi connectivity index (χ2v) is 8.68. The van der Waals surface area contributed by atoms with Crippen molar-refractivity contribution in [1.82, 2.24) is 14.2 Å². The van der Waals surface area contributed by atoms with Crippen molar-refractivity contribution in [1.29, 1.82) is 0 Å².